The number of rotatable bonds is 6. The Morgan fingerprint density at radius 1 is 1.45 bits per heavy atom. The van der Waals surface area contributed by atoms with Crippen LogP contribution >= 0.6 is 11.6 Å². The lowest BCUT2D eigenvalue weighted by Gasteiger charge is -2.27. The van der Waals surface area contributed by atoms with Crippen molar-refractivity contribution in [1.82, 2.24) is 24.7 Å². The molecule has 114 valence electrons. The van der Waals surface area contributed by atoms with Crippen molar-refractivity contribution in [3.63, 3.8) is 0 Å². The van der Waals surface area contributed by atoms with Crippen molar-refractivity contribution in [3.8, 4) is 0 Å². The summed E-state index contributed by atoms with van der Waals surface area (Å²) in [5.74, 6) is 0. The van der Waals surface area contributed by atoms with Crippen LogP contribution in [0.3, 0.4) is 0 Å². The van der Waals surface area contributed by atoms with Gasteiger partial charge in [-0.3, -0.25) is 4.68 Å². The Morgan fingerprint density at radius 3 is 2.75 bits per heavy atom. The van der Waals surface area contributed by atoms with Crippen LogP contribution in [0.5, 0.6) is 0 Å². The summed E-state index contributed by atoms with van der Waals surface area (Å²) in [5.41, 5.74) is 0. The number of aryl methyl sites for hydroxylation is 1. The number of halogens is 1. The Morgan fingerprint density at radius 2 is 2.15 bits per heavy atom. The highest BCUT2D eigenvalue weighted by atomic mass is 35.5. The third kappa shape index (κ3) is 3.92. The Kier molecular flexibility index (Phi) is 5.39. The Bertz CT molecular complexity index is 520. The van der Waals surface area contributed by atoms with Crippen LogP contribution in [0.15, 0.2) is 11.2 Å². The third-order valence-corrected chi connectivity index (χ3v) is 5.22. The number of hydrogen-bond donors (Lipinski definition) is 2. The summed E-state index contributed by atoms with van der Waals surface area (Å²) in [5, 5.41) is 7.27. The van der Waals surface area contributed by atoms with Gasteiger partial charge < -0.3 is 10.2 Å². The Labute approximate surface area is 124 Å². The fourth-order valence-corrected chi connectivity index (χ4v) is 3.94. The van der Waals surface area contributed by atoms with E-state index in [0.717, 1.165) is 39.1 Å². The fourth-order valence-electron chi connectivity index (χ4n) is 2.21. The molecule has 0 saturated carbocycles. The molecule has 2 N–H and O–H groups in total. The van der Waals surface area contributed by atoms with Gasteiger partial charge in [-0.15, -0.1) is 0 Å². The molecule has 20 heavy (non-hydrogen) atoms. The molecule has 2 heterocycles. The second-order valence-corrected chi connectivity index (χ2v) is 6.85. The van der Waals surface area contributed by atoms with Crippen LogP contribution in [-0.4, -0.2) is 62.4 Å². The van der Waals surface area contributed by atoms with Gasteiger partial charge >= 0.3 is 0 Å². The van der Waals surface area contributed by atoms with Crippen molar-refractivity contribution in [1.29, 1.82) is 0 Å². The number of sulfonamides is 1. The van der Waals surface area contributed by atoms with Crippen molar-refractivity contribution in [2.45, 2.75) is 11.4 Å². The van der Waals surface area contributed by atoms with Crippen molar-refractivity contribution in [2.75, 3.05) is 39.3 Å². The first-order valence-electron chi connectivity index (χ1n) is 6.61. The molecular formula is C11H20ClN5O2S. The SMILES string of the molecule is Cn1ncc(Cl)c1S(=O)(=O)NCCCN1CCNCC1. The van der Waals surface area contributed by atoms with Crippen LogP contribution in [0.25, 0.3) is 0 Å². The maximum absolute atomic E-state index is 12.1. The molecule has 0 atom stereocenters. The van der Waals surface area contributed by atoms with Crippen LogP contribution in [-0.2, 0) is 17.1 Å². The lowest BCUT2D eigenvalue weighted by atomic mass is 10.3. The molecule has 0 spiro atoms. The molecule has 7 nitrogen and oxygen atoms in total. The van der Waals surface area contributed by atoms with Gasteiger partial charge in [0, 0.05) is 39.8 Å². The number of nitrogens with zero attached hydrogens (tertiary/aromatic N) is 3. The summed E-state index contributed by atoms with van der Waals surface area (Å²) in [6.45, 7) is 5.31. The van der Waals surface area contributed by atoms with E-state index >= 15 is 0 Å². The molecule has 0 unspecified atom stereocenters. The third-order valence-electron chi connectivity index (χ3n) is 3.25. The van der Waals surface area contributed by atoms with Gasteiger partial charge in [-0.1, -0.05) is 11.6 Å². The molecular weight excluding hydrogens is 302 g/mol. The predicted octanol–water partition coefficient (Wildman–Crippen LogP) is -0.353. The highest BCUT2D eigenvalue weighted by Gasteiger charge is 2.22. The average molecular weight is 322 g/mol. The number of hydrogen-bond acceptors (Lipinski definition) is 5. The van der Waals surface area contributed by atoms with Crippen LogP contribution in [0.4, 0.5) is 0 Å². The van der Waals surface area contributed by atoms with Gasteiger partial charge in [-0.05, 0) is 13.0 Å². The summed E-state index contributed by atoms with van der Waals surface area (Å²) in [4.78, 5) is 2.32. The topological polar surface area (TPSA) is 79.3 Å². The summed E-state index contributed by atoms with van der Waals surface area (Å²) < 4.78 is 28.0. The van der Waals surface area contributed by atoms with Crippen LogP contribution in [0.1, 0.15) is 6.42 Å². The van der Waals surface area contributed by atoms with E-state index in [-0.39, 0.29) is 10.0 Å². The minimum Gasteiger partial charge on any atom is -0.314 e. The summed E-state index contributed by atoms with van der Waals surface area (Å²) in [7, 11) is -2.04. The normalized spacial score (nSPS) is 17.5. The molecule has 1 aliphatic heterocycles. The first-order valence-corrected chi connectivity index (χ1v) is 8.47. The van der Waals surface area contributed by atoms with E-state index < -0.39 is 10.0 Å². The minimum atomic E-state index is -3.59. The maximum Gasteiger partial charge on any atom is 0.259 e. The molecule has 0 aromatic carbocycles. The van der Waals surface area contributed by atoms with E-state index in [1.165, 1.54) is 10.9 Å². The molecule has 1 saturated heterocycles. The quantitative estimate of drug-likeness (QED) is 0.700. The van der Waals surface area contributed by atoms with E-state index in [1.807, 2.05) is 0 Å². The van der Waals surface area contributed by atoms with Gasteiger partial charge in [-0.25, -0.2) is 13.1 Å². The molecule has 2 rings (SSSR count). The molecule has 9 heteroatoms. The molecule has 1 aromatic heterocycles. The lowest BCUT2D eigenvalue weighted by molar-refractivity contribution is 0.239. The maximum atomic E-state index is 12.1. The highest BCUT2D eigenvalue weighted by molar-refractivity contribution is 7.89. The van der Waals surface area contributed by atoms with Gasteiger partial charge in [-0.2, -0.15) is 5.10 Å². The largest absolute Gasteiger partial charge is 0.314 e. The molecule has 0 radical (unpaired) electrons. The smallest absolute Gasteiger partial charge is 0.259 e. The van der Waals surface area contributed by atoms with E-state index in [2.05, 4.69) is 20.0 Å². The van der Waals surface area contributed by atoms with Gasteiger partial charge in [0.25, 0.3) is 10.0 Å². The van der Waals surface area contributed by atoms with Gasteiger partial charge in [0.05, 0.1) is 11.2 Å². The number of nitrogens with one attached hydrogen (secondary N) is 2. The van der Waals surface area contributed by atoms with E-state index in [0.29, 0.717) is 6.54 Å². The summed E-state index contributed by atoms with van der Waals surface area (Å²) >= 11 is 5.85. The first-order chi connectivity index (χ1) is 9.50. The lowest BCUT2D eigenvalue weighted by Crippen LogP contribution is -2.44. The van der Waals surface area contributed by atoms with E-state index in [4.69, 9.17) is 11.6 Å². The van der Waals surface area contributed by atoms with Crippen molar-refractivity contribution >= 4 is 21.6 Å². The standard InChI is InChI=1S/C11H20ClN5O2S/c1-16-11(10(12)9-14-16)20(18,19)15-3-2-6-17-7-4-13-5-8-17/h9,13,15H,2-8H2,1H3. The van der Waals surface area contributed by atoms with Crippen molar-refractivity contribution < 1.29 is 8.42 Å². The van der Waals surface area contributed by atoms with Crippen molar-refractivity contribution in [3.05, 3.63) is 11.2 Å². The van der Waals surface area contributed by atoms with E-state index in [9.17, 15) is 8.42 Å². The van der Waals surface area contributed by atoms with Crippen LogP contribution in [0.2, 0.25) is 5.02 Å². The number of piperazine rings is 1. The van der Waals surface area contributed by atoms with Crippen LogP contribution < -0.4 is 10.0 Å². The Hall–Kier alpha value is -0.670. The molecule has 0 amide bonds. The first kappa shape index (κ1) is 15.7. The summed E-state index contributed by atoms with van der Waals surface area (Å²) in [6, 6.07) is 0. The zero-order valence-corrected chi connectivity index (χ0v) is 13.0. The minimum absolute atomic E-state index is 0.0151. The predicted molar refractivity (Wildman–Crippen MR) is 77.3 cm³/mol. The fraction of sp³-hybridized carbons (Fsp3) is 0.727. The van der Waals surface area contributed by atoms with Gasteiger partial charge in [0.2, 0.25) is 0 Å². The summed E-state index contributed by atoms with van der Waals surface area (Å²) in [6.07, 6.45) is 2.10. The zero-order valence-electron chi connectivity index (χ0n) is 11.5. The van der Waals surface area contributed by atoms with Crippen LogP contribution in [0, 0.1) is 0 Å². The highest BCUT2D eigenvalue weighted by Crippen LogP contribution is 2.19. The van der Waals surface area contributed by atoms with Crippen molar-refractivity contribution in [2.24, 2.45) is 7.05 Å². The van der Waals surface area contributed by atoms with E-state index in [1.54, 1.807) is 7.05 Å². The molecule has 1 aromatic rings. The second-order valence-electron chi connectivity index (χ2n) is 4.76. The van der Waals surface area contributed by atoms with Gasteiger partial charge in [0.1, 0.15) is 0 Å². The monoisotopic (exact) mass is 321 g/mol. The zero-order chi connectivity index (χ0) is 14.6. The molecule has 0 aliphatic carbocycles. The molecule has 1 aliphatic rings. The Balaban J connectivity index is 1.81. The molecule has 0 bridgehead atoms. The average Bonchev–Trinajstić information content (AvgIpc) is 2.76. The molecule has 1 fully saturated rings. The second kappa shape index (κ2) is 6.86. The number of aromatic nitrogens is 2. The van der Waals surface area contributed by atoms with Gasteiger partial charge in [0.15, 0.2) is 5.03 Å².